The summed E-state index contributed by atoms with van der Waals surface area (Å²) in [6.07, 6.45) is 34.2. The molecule has 2 unspecified atom stereocenters. The van der Waals surface area contributed by atoms with Gasteiger partial charge < -0.3 is 50.2 Å². The van der Waals surface area contributed by atoms with Crippen molar-refractivity contribution in [2.75, 3.05) is 25.6 Å². The molecule has 0 radical (unpaired) electrons. The fourth-order valence-corrected chi connectivity index (χ4v) is 9.15. The Balaban J connectivity index is 1.88. The summed E-state index contributed by atoms with van der Waals surface area (Å²) in [4.78, 5) is 61.9. The number of hydrogen-bond donors (Lipinski definition) is 7. The van der Waals surface area contributed by atoms with Gasteiger partial charge in [-0.2, -0.15) is 9.29 Å². The van der Waals surface area contributed by atoms with Crippen LogP contribution in [0.15, 0.2) is 102 Å². The van der Waals surface area contributed by atoms with E-state index in [4.69, 9.17) is 29.0 Å². The number of rotatable bonds is 41. The van der Waals surface area contributed by atoms with Gasteiger partial charge in [0, 0.05) is 19.0 Å². The molecule has 2 rings (SSSR count). The number of esters is 2. The lowest BCUT2D eigenvalue weighted by molar-refractivity contribution is -0.161. The number of aliphatic hydroxyl groups is 4. The van der Waals surface area contributed by atoms with Gasteiger partial charge in [-0.3, -0.25) is 23.2 Å². The Labute approximate surface area is 436 Å². The van der Waals surface area contributed by atoms with Crippen molar-refractivity contribution in [3.05, 3.63) is 108 Å². The smallest absolute Gasteiger partial charge is 0.462 e. The van der Waals surface area contributed by atoms with Gasteiger partial charge in [-0.25, -0.2) is 13.9 Å². The predicted octanol–water partition coefficient (Wildman–Crippen LogP) is 8.61. The highest BCUT2D eigenvalue weighted by molar-refractivity contribution is 7.61. The Kier molecular flexibility index (Phi) is 35.0. The van der Waals surface area contributed by atoms with E-state index in [1.807, 2.05) is 6.08 Å². The first kappa shape index (κ1) is 66.0. The fourth-order valence-electron chi connectivity index (χ4n) is 7.04. The van der Waals surface area contributed by atoms with Crippen LogP contribution in [0.3, 0.4) is 0 Å². The number of carbonyl (C=O) groups excluding carboxylic acids is 2. The average molecular weight is 1080 g/mol. The van der Waals surface area contributed by atoms with Crippen LogP contribution in [-0.4, -0.2) is 108 Å². The minimum absolute atomic E-state index is 0.0328. The molecule has 20 nitrogen and oxygen atoms in total. The number of allylic oxidation sites excluding steroid dienone is 11. The molecule has 9 atom stereocenters. The number of nitrogen functional groups attached to an aromatic ring is 1. The Hall–Kier alpha value is -4.14. The zero-order chi connectivity index (χ0) is 54.5. The van der Waals surface area contributed by atoms with Gasteiger partial charge in [-0.1, -0.05) is 137 Å². The molecule has 0 aromatic carbocycles. The molecular formula is C52H83N3O17P2. The van der Waals surface area contributed by atoms with Crippen LogP contribution in [0.25, 0.3) is 0 Å². The number of carbonyl (C=O) groups is 2. The van der Waals surface area contributed by atoms with E-state index in [1.165, 1.54) is 37.8 Å². The van der Waals surface area contributed by atoms with Crippen LogP contribution in [0, 0.1) is 0 Å². The topological polar surface area (TPSA) is 306 Å². The number of anilines is 1. The van der Waals surface area contributed by atoms with E-state index in [0.717, 1.165) is 68.6 Å². The zero-order valence-electron chi connectivity index (χ0n) is 43.1. The zero-order valence-corrected chi connectivity index (χ0v) is 44.9. The largest absolute Gasteiger partial charge is 0.481 e. The van der Waals surface area contributed by atoms with Gasteiger partial charge in [0.2, 0.25) is 0 Å². The molecule has 1 saturated heterocycles. The van der Waals surface area contributed by atoms with Crippen LogP contribution >= 0.6 is 15.6 Å². The number of ether oxygens (including phenoxy) is 3. The number of phosphoric ester groups is 2. The number of phosphoric acid groups is 2. The molecule has 1 aromatic rings. The van der Waals surface area contributed by atoms with Gasteiger partial charge in [0.25, 0.3) is 0 Å². The first-order valence-electron chi connectivity index (χ1n) is 25.8. The summed E-state index contributed by atoms with van der Waals surface area (Å²) in [5.74, 6) is -1.59. The summed E-state index contributed by atoms with van der Waals surface area (Å²) in [6.45, 7) is 1.80. The van der Waals surface area contributed by atoms with Gasteiger partial charge in [0.1, 0.15) is 30.7 Å². The van der Waals surface area contributed by atoms with Crippen molar-refractivity contribution < 1.29 is 76.5 Å². The number of nitrogens with zero attached hydrogens (tertiary/aromatic N) is 2. The lowest BCUT2D eigenvalue weighted by atomic mass is 10.1. The van der Waals surface area contributed by atoms with Crippen molar-refractivity contribution in [3.63, 3.8) is 0 Å². The minimum Gasteiger partial charge on any atom is -0.462 e. The van der Waals surface area contributed by atoms with E-state index in [0.29, 0.717) is 19.3 Å². The molecule has 0 amide bonds. The highest BCUT2D eigenvalue weighted by Gasteiger charge is 2.46. The van der Waals surface area contributed by atoms with Crippen LogP contribution in [0.1, 0.15) is 148 Å². The van der Waals surface area contributed by atoms with E-state index in [-0.39, 0.29) is 31.5 Å². The van der Waals surface area contributed by atoms with Gasteiger partial charge in [-0.15, -0.1) is 0 Å². The monoisotopic (exact) mass is 1080 g/mol. The van der Waals surface area contributed by atoms with Crippen LogP contribution in [-0.2, 0) is 46.3 Å². The van der Waals surface area contributed by atoms with Crippen LogP contribution in [0.4, 0.5) is 5.82 Å². The van der Waals surface area contributed by atoms with Gasteiger partial charge in [-0.05, 0) is 83.1 Å². The van der Waals surface area contributed by atoms with Crippen LogP contribution in [0.2, 0.25) is 0 Å². The summed E-state index contributed by atoms with van der Waals surface area (Å²) >= 11 is 0. The van der Waals surface area contributed by atoms with Crippen molar-refractivity contribution >= 4 is 33.4 Å². The predicted molar refractivity (Wildman–Crippen MR) is 282 cm³/mol. The molecular weight excluding hydrogens is 1000 g/mol. The molecule has 0 bridgehead atoms. The number of hydrogen-bond acceptors (Lipinski definition) is 17. The second-order valence-electron chi connectivity index (χ2n) is 17.7. The minimum atomic E-state index is -5.49. The highest BCUT2D eigenvalue weighted by atomic mass is 31.3. The summed E-state index contributed by atoms with van der Waals surface area (Å²) < 4.78 is 56.6. The summed E-state index contributed by atoms with van der Waals surface area (Å²) in [5, 5.41) is 41.3. The average Bonchev–Trinajstić information content (AvgIpc) is 3.63. The normalized spacial score (nSPS) is 20.4. The van der Waals surface area contributed by atoms with Crippen molar-refractivity contribution in [1.82, 2.24) is 9.55 Å². The second-order valence-corrected chi connectivity index (χ2v) is 20.8. The molecule has 0 saturated carbocycles. The molecule has 1 aromatic heterocycles. The molecule has 0 spiro atoms. The van der Waals surface area contributed by atoms with E-state index >= 15 is 0 Å². The third-order valence-electron chi connectivity index (χ3n) is 11.1. The summed E-state index contributed by atoms with van der Waals surface area (Å²) in [6, 6.07) is 1.23. The van der Waals surface area contributed by atoms with Crippen LogP contribution in [0.5, 0.6) is 0 Å². The number of aliphatic hydroxyl groups excluding tert-OH is 4. The molecule has 8 N–H and O–H groups in total. The number of aromatic nitrogens is 2. The SMILES string of the molecule is CCCCC/C=C\C/C=C\C/C=C\CCCCCCC(=O)O[C@H](COC(=O)CCC[C@H](O)\C=C/C=C/C=C/[C@H](O)C/C=C\CCCCC)COP(=O)(O)OP(=O)(O)OC[C@H]1O[C@@H](n2ccc(N)nc2=O)[C@H](O)[C@@H]1O. The Morgan fingerprint density at radius 3 is 1.93 bits per heavy atom. The van der Waals surface area contributed by atoms with Gasteiger partial charge in [0.15, 0.2) is 12.3 Å². The Morgan fingerprint density at radius 1 is 0.730 bits per heavy atom. The summed E-state index contributed by atoms with van der Waals surface area (Å²) in [5.41, 5.74) is 4.56. The molecule has 1 fully saturated rings. The highest BCUT2D eigenvalue weighted by Crippen LogP contribution is 2.60. The summed E-state index contributed by atoms with van der Waals surface area (Å²) in [7, 11) is -11.0. The maximum absolute atomic E-state index is 12.9. The van der Waals surface area contributed by atoms with Crippen molar-refractivity contribution in [2.24, 2.45) is 0 Å². The van der Waals surface area contributed by atoms with Crippen molar-refractivity contribution in [3.8, 4) is 0 Å². The molecule has 22 heteroatoms. The fraction of sp³-hybridized carbons (Fsp3) is 0.615. The maximum Gasteiger partial charge on any atom is 0.481 e. The van der Waals surface area contributed by atoms with Crippen molar-refractivity contribution in [1.29, 1.82) is 0 Å². The van der Waals surface area contributed by atoms with E-state index in [2.05, 4.69) is 65.7 Å². The standard InChI is InChI=1S/C52H83N3O17P2/c1-3-5-7-9-11-12-13-14-15-16-17-18-19-20-21-23-29-35-48(59)70-44(39-67-47(58)36-30-34-43(57)33-28-25-24-27-32-42(56)31-26-22-10-8-6-4-2)40-68-73(63,64)72-74(65,66)69-41-45-49(60)50(61)51(71-45)55-38-37-46(53)54-52(55)62/h11-12,14-15,17-18,22,24-28,32-33,37-38,42-45,49-51,56-57,60-61H,3-10,13,16,19-21,23,29-31,34-36,39-41H2,1-2H3,(H,63,64)(H,65,66)(H2,53,54,62)/b12-11-,15-14-,18-17-,25-24+,26-22-,32-27+,33-28-/t42-,43-,44-,45-,49-,50-,51-/m1/s1. The first-order valence-corrected chi connectivity index (χ1v) is 28.8. The quantitative estimate of drug-likeness (QED) is 0.0106. The van der Waals surface area contributed by atoms with Crippen LogP contribution < -0.4 is 11.4 Å². The van der Waals surface area contributed by atoms with E-state index < -0.39 is 95.9 Å². The molecule has 418 valence electrons. The molecule has 2 heterocycles. The number of nitrogens with two attached hydrogens (primary N) is 1. The first-order chi connectivity index (χ1) is 35.5. The number of unbranched alkanes of at least 4 members (excludes halogenated alkanes) is 10. The molecule has 0 aliphatic carbocycles. The molecule has 1 aliphatic heterocycles. The second kappa shape index (κ2) is 39.3. The lowest BCUT2D eigenvalue weighted by Gasteiger charge is -2.21. The third kappa shape index (κ3) is 31.7. The third-order valence-corrected chi connectivity index (χ3v) is 13.7. The van der Waals surface area contributed by atoms with Crippen molar-refractivity contribution in [2.45, 2.75) is 185 Å². The Morgan fingerprint density at radius 2 is 1.30 bits per heavy atom. The molecule has 1 aliphatic rings. The van der Waals surface area contributed by atoms with E-state index in [1.54, 1.807) is 30.4 Å². The molecule has 74 heavy (non-hydrogen) atoms. The van der Waals surface area contributed by atoms with Gasteiger partial charge in [0.05, 0.1) is 25.4 Å². The lowest BCUT2D eigenvalue weighted by Crippen LogP contribution is -2.36. The van der Waals surface area contributed by atoms with Gasteiger partial charge >= 0.3 is 33.3 Å². The van der Waals surface area contributed by atoms with E-state index in [9.17, 15) is 53.7 Å². The maximum atomic E-state index is 12.9. The Bertz CT molecular complexity index is 2110.